The molecule has 0 aromatic heterocycles. The second-order valence-electron chi connectivity index (χ2n) is 15.0. The highest BCUT2D eigenvalue weighted by atomic mass is 35.5. The van der Waals surface area contributed by atoms with Crippen molar-refractivity contribution in [2.45, 2.75) is 101 Å². The number of benzene rings is 2. The minimum Gasteiger partial charge on any atom is -0.490 e. The van der Waals surface area contributed by atoms with Gasteiger partial charge in [0.1, 0.15) is 5.75 Å². The van der Waals surface area contributed by atoms with Crippen molar-refractivity contribution in [3.63, 3.8) is 0 Å². The van der Waals surface area contributed by atoms with Crippen LogP contribution in [0.1, 0.15) is 93.1 Å². The third-order valence-corrected chi connectivity index (χ3v) is 13.7. The van der Waals surface area contributed by atoms with Crippen molar-refractivity contribution in [3.05, 3.63) is 82.9 Å². The minimum absolute atomic E-state index is 0.124. The standard InChI is InChI=1S/C40H53ClN2O6S/c1-4-6-7-11-36(44)33-15-12-30(33)24-43-25-40(19-8-10-28-21-31(41)14-16-34(28)40)26-49-37-17-13-29(22-35(37)43)39(45)42-50(46,47)38(27(3)9-5-2)23-32-18-20-48-32/h5,7,11,13-14,16-17,21-22,27,30,32-33,36,38,44H,2,4,6,8-10,12,15,18-20,23-26H2,1,3H3,(H,42,45)/b11-7+/t27-,30+,32-,33-,36+,38-,40+/m1/s1. The number of rotatable bonds is 14. The van der Waals surface area contributed by atoms with Gasteiger partial charge in [0.15, 0.2) is 0 Å². The molecule has 7 atom stereocenters. The summed E-state index contributed by atoms with van der Waals surface area (Å²) < 4.78 is 42.1. The fraction of sp³-hybridized carbons (Fsp3) is 0.575. The number of aliphatic hydroxyl groups is 1. The number of nitrogens with one attached hydrogen (secondary N) is 1. The van der Waals surface area contributed by atoms with Gasteiger partial charge in [0, 0.05) is 35.7 Å². The smallest absolute Gasteiger partial charge is 0.264 e. The number of fused-ring (bicyclic) bond motifs is 3. The van der Waals surface area contributed by atoms with Crippen LogP contribution in [0, 0.1) is 17.8 Å². The zero-order valence-corrected chi connectivity index (χ0v) is 31.1. The van der Waals surface area contributed by atoms with Crippen molar-refractivity contribution in [2.24, 2.45) is 17.8 Å². The summed E-state index contributed by atoms with van der Waals surface area (Å²) in [6.45, 7) is 10.3. The third-order valence-electron chi connectivity index (χ3n) is 11.6. The molecule has 272 valence electrons. The Morgan fingerprint density at radius 1 is 1.22 bits per heavy atom. The normalized spacial score (nSPS) is 26.4. The van der Waals surface area contributed by atoms with E-state index in [1.165, 1.54) is 11.1 Å². The van der Waals surface area contributed by atoms with Crippen LogP contribution in [0.2, 0.25) is 5.02 Å². The molecule has 2 aliphatic heterocycles. The van der Waals surface area contributed by atoms with Crippen LogP contribution in [0.3, 0.4) is 0 Å². The second kappa shape index (κ2) is 15.8. The van der Waals surface area contributed by atoms with E-state index in [-0.39, 0.29) is 34.8 Å². The van der Waals surface area contributed by atoms with Crippen molar-refractivity contribution in [1.29, 1.82) is 0 Å². The van der Waals surface area contributed by atoms with E-state index in [4.69, 9.17) is 21.1 Å². The molecule has 1 saturated heterocycles. The van der Waals surface area contributed by atoms with Crippen LogP contribution in [-0.2, 0) is 26.6 Å². The molecule has 2 aliphatic carbocycles. The summed E-state index contributed by atoms with van der Waals surface area (Å²) in [6, 6.07) is 11.4. The van der Waals surface area contributed by atoms with E-state index < -0.39 is 27.3 Å². The third kappa shape index (κ3) is 7.96. The second-order valence-corrected chi connectivity index (χ2v) is 17.4. The van der Waals surface area contributed by atoms with Crippen LogP contribution >= 0.6 is 11.6 Å². The number of sulfonamides is 1. The number of aliphatic hydroxyl groups excluding tert-OH is 1. The van der Waals surface area contributed by atoms with Crippen LogP contribution in [0.5, 0.6) is 5.75 Å². The van der Waals surface area contributed by atoms with Crippen LogP contribution in [0.25, 0.3) is 0 Å². The number of unbranched alkanes of at least 4 members (excludes halogenated alkanes) is 1. The van der Waals surface area contributed by atoms with Gasteiger partial charge in [-0.15, -0.1) is 6.58 Å². The van der Waals surface area contributed by atoms with E-state index in [1.54, 1.807) is 24.3 Å². The molecule has 1 amide bonds. The van der Waals surface area contributed by atoms with Crippen molar-refractivity contribution >= 4 is 33.2 Å². The van der Waals surface area contributed by atoms with Gasteiger partial charge in [-0.25, -0.2) is 13.1 Å². The van der Waals surface area contributed by atoms with E-state index in [9.17, 15) is 18.3 Å². The number of carbonyl (C=O) groups excluding carboxylic acids is 1. The molecule has 0 radical (unpaired) electrons. The number of nitrogens with zero attached hydrogens (tertiary/aromatic N) is 1. The monoisotopic (exact) mass is 724 g/mol. The highest BCUT2D eigenvalue weighted by Gasteiger charge is 2.44. The van der Waals surface area contributed by atoms with Crippen LogP contribution in [-0.4, -0.2) is 63.2 Å². The number of allylic oxidation sites excluding steroid dienone is 2. The Morgan fingerprint density at radius 3 is 2.74 bits per heavy atom. The molecule has 50 heavy (non-hydrogen) atoms. The number of anilines is 1. The number of hydrogen-bond donors (Lipinski definition) is 2. The Labute approximate surface area is 303 Å². The van der Waals surface area contributed by atoms with E-state index in [0.29, 0.717) is 44.9 Å². The molecule has 4 aliphatic rings. The van der Waals surface area contributed by atoms with Gasteiger partial charge in [-0.05, 0) is 117 Å². The fourth-order valence-corrected chi connectivity index (χ4v) is 10.3. The first-order chi connectivity index (χ1) is 24.0. The first kappa shape index (κ1) is 36.9. The van der Waals surface area contributed by atoms with Crippen molar-refractivity contribution in [1.82, 2.24) is 4.72 Å². The van der Waals surface area contributed by atoms with Gasteiger partial charge in [0.2, 0.25) is 10.0 Å². The zero-order chi connectivity index (χ0) is 35.5. The number of ether oxygens (including phenoxy) is 2. The quantitative estimate of drug-likeness (QED) is 0.196. The van der Waals surface area contributed by atoms with Crippen molar-refractivity contribution in [3.8, 4) is 5.75 Å². The van der Waals surface area contributed by atoms with Crippen molar-refractivity contribution < 1.29 is 27.8 Å². The summed E-state index contributed by atoms with van der Waals surface area (Å²) in [5.74, 6) is 0.181. The van der Waals surface area contributed by atoms with Crippen molar-refractivity contribution in [2.75, 3.05) is 31.2 Å². The van der Waals surface area contributed by atoms with Gasteiger partial charge >= 0.3 is 0 Å². The van der Waals surface area contributed by atoms with Gasteiger partial charge in [-0.2, -0.15) is 0 Å². The SMILES string of the molecule is C=CC[C@@H](C)[C@@H](C[C@H]1CCO1)S(=O)(=O)NC(=O)c1ccc2c(c1)N(C[C@@H]1CC[C@H]1[C@@H](O)/C=C/CCC)C[C@@]1(CCCc3cc(Cl)ccc31)CO2. The minimum atomic E-state index is -4.02. The molecule has 10 heteroatoms. The molecule has 2 aromatic rings. The molecular formula is C40H53ClN2O6S. The fourth-order valence-electron chi connectivity index (χ4n) is 8.43. The predicted octanol–water partition coefficient (Wildman–Crippen LogP) is 7.38. The van der Waals surface area contributed by atoms with E-state index in [2.05, 4.69) is 41.3 Å². The molecule has 2 N–H and O–H groups in total. The summed E-state index contributed by atoms with van der Waals surface area (Å²) in [5.41, 5.74) is 3.23. The summed E-state index contributed by atoms with van der Waals surface area (Å²) in [4.78, 5) is 16.1. The Kier molecular flexibility index (Phi) is 11.7. The molecule has 2 fully saturated rings. The first-order valence-corrected chi connectivity index (χ1v) is 20.4. The number of carbonyl (C=O) groups is 1. The number of aryl methyl sites for hydroxylation is 1. The lowest BCUT2D eigenvalue weighted by molar-refractivity contribution is -0.0563. The summed E-state index contributed by atoms with van der Waals surface area (Å²) in [6.07, 6.45) is 13.7. The van der Waals surface area contributed by atoms with Gasteiger partial charge in [0.25, 0.3) is 5.91 Å². The lowest BCUT2D eigenvalue weighted by atomic mass is 9.68. The Bertz CT molecular complexity index is 1680. The largest absolute Gasteiger partial charge is 0.490 e. The molecule has 2 heterocycles. The maximum Gasteiger partial charge on any atom is 0.264 e. The number of amides is 1. The van der Waals surface area contributed by atoms with Gasteiger partial charge in [-0.1, -0.05) is 56.2 Å². The number of halogens is 1. The number of hydrogen-bond acceptors (Lipinski definition) is 7. The maximum absolute atomic E-state index is 13.8. The van der Waals surface area contributed by atoms with Gasteiger partial charge < -0.3 is 19.5 Å². The lowest BCUT2D eigenvalue weighted by Gasteiger charge is -2.45. The van der Waals surface area contributed by atoms with E-state index >= 15 is 0 Å². The van der Waals surface area contributed by atoms with Crippen LogP contribution in [0.15, 0.2) is 61.2 Å². The summed E-state index contributed by atoms with van der Waals surface area (Å²) in [7, 11) is -4.02. The average molecular weight is 725 g/mol. The lowest BCUT2D eigenvalue weighted by Crippen LogP contribution is -2.49. The average Bonchev–Trinajstić information content (AvgIpc) is 3.19. The maximum atomic E-state index is 13.8. The zero-order valence-electron chi connectivity index (χ0n) is 29.5. The molecule has 2 aromatic carbocycles. The first-order valence-electron chi connectivity index (χ1n) is 18.5. The molecule has 6 rings (SSSR count). The Hall–Kier alpha value is -2.85. The van der Waals surface area contributed by atoms with Crippen LogP contribution < -0.4 is 14.4 Å². The molecular weight excluding hydrogens is 672 g/mol. The van der Waals surface area contributed by atoms with Gasteiger partial charge in [-0.3, -0.25) is 4.79 Å². The Morgan fingerprint density at radius 2 is 2.04 bits per heavy atom. The van der Waals surface area contributed by atoms with E-state index in [1.807, 2.05) is 19.1 Å². The topological polar surface area (TPSA) is 105 Å². The molecule has 1 spiro atoms. The summed E-state index contributed by atoms with van der Waals surface area (Å²) >= 11 is 6.44. The molecule has 0 unspecified atom stereocenters. The Balaban J connectivity index is 1.30. The molecule has 0 bridgehead atoms. The highest BCUT2D eigenvalue weighted by Crippen LogP contribution is 2.46. The highest BCUT2D eigenvalue weighted by molar-refractivity contribution is 7.90. The predicted molar refractivity (Wildman–Crippen MR) is 200 cm³/mol. The van der Waals surface area contributed by atoms with Gasteiger partial charge in [0.05, 0.1) is 29.8 Å². The van der Waals surface area contributed by atoms with Crippen LogP contribution in [0.4, 0.5) is 5.69 Å². The molecule has 1 saturated carbocycles. The summed E-state index contributed by atoms with van der Waals surface area (Å²) in [5, 5.41) is 11.0. The molecule has 8 nitrogen and oxygen atoms in total. The van der Waals surface area contributed by atoms with E-state index in [0.717, 1.165) is 62.1 Å².